The number of morpholine rings is 1. The van der Waals surface area contributed by atoms with E-state index >= 15 is 0 Å². The van der Waals surface area contributed by atoms with E-state index in [-0.39, 0.29) is 12.1 Å². The van der Waals surface area contributed by atoms with Crippen LogP contribution in [0.5, 0.6) is 5.75 Å². The molecule has 0 spiro atoms. The van der Waals surface area contributed by atoms with Crippen molar-refractivity contribution in [3.8, 4) is 5.75 Å². The van der Waals surface area contributed by atoms with Crippen LogP contribution in [-0.4, -0.2) is 54.4 Å². The molecule has 2 fully saturated rings. The first-order chi connectivity index (χ1) is 13.2. The molecular weight excluding hydrogens is 346 g/mol. The molecule has 2 aliphatic rings. The second-order valence-corrected chi connectivity index (χ2v) is 7.07. The molecule has 3 N–H and O–H groups in total. The zero-order valence-electron chi connectivity index (χ0n) is 15.3. The molecule has 2 heterocycles. The van der Waals surface area contributed by atoms with Gasteiger partial charge in [0.2, 0.25) is 0 Å². The lowest BCUT2D eigenvalue weighted by atomic mass is 9.93. The summed E-state index contributed by atoms with van der Waals surface area (Å²) in [7, 11) is 0. The normalized spacial score (nSPS) is 23.2. The lowest BCUT2D eigenvalue weighted by molar-refractivity contribution is 0.122. The standard InChI is InChI=1S/C19H25N5O3/c20-19(25)23-13-1-3-15(4-2-13)27-17-12-14(24-7-9-26-10-8-24)11-16-18(17)22-6-5-21-16/h5-6,11-13,15H,1-4,7-10H2,(H3,20,23,25). The van der Waals surface area contributed by atoms with Crippen LogP contribution in [0.3, 0.4) is 0 Å². The average Bonchev–Trinajstić information content (AvgIpc) is 2.70. The fraction of sp³-hybridized carbons (Fsp3) is 0.526. The van der Waals surface area contributed by atoms with Gasteiger partial charge in [-0.15, -0.1) is 0 Å². The van der Waals surface area contributed by atoms with Crippen molar-refractivity contribution in [2.45, 2.75) is 37.8 Å². The number of nitrogens with one attached hydrogen (secondary N) is 1. The van der Waals surface area contributed by atoms with E-state index in [1.807, 2.05) is 0 Å². The number of nitrogens with two attached hydrogens (primary N) is 1. The van der Waals surface area contributed by atoms with Crippen molar-refractivity contribution in [2.75, 3.05) is 31.2 Å². The predicted octanol–water partition coefficient (Wildman–Crippen LogP) is 1.82. The maximum atomic E-state index is 11.0. The first-order valence-corrected chi connectivity index (χ1v) is 9.49. The largest absolute Gasteiger partial charge is 0.488 e. The first-order valence-electron chi connectivity index (χ1n) is 9.49. The topological polar surface area (TPSA) is 103 Å². The second kappa shape index (κ2) is 7.96. The summed E-state index contributed by atoms with van der Waals surface area (Å²) >= 11 is 0. The van der Waals surface area contributed by atoms with Crippen LogP contribution >= 0.6 is 0 Å². The highest BCUT2D eigenvalue weighted by Gasteiger charge is 2.24. The van der Waals surface area contributed by atoms with Crippen LogP contribution in [0.4, 0.5) is 10.5 Å². The summed E-state index contributed by atoms with van der Waals surface area (Å²) in [5.74, 6) is 0.772. The van der Waals surface area contributed by atoms with Crippen LogP contribution in [-0.2, 0) is 4.74 Å². The van der Waals surface area contributed by atoms with Crippen molar-refractivity contribution < 1.29 is 14.3 Å². The van der Waals surface area contributed by atoms with Gasteiger partial charge in [-0.2, -0.15) is 0 Å². The molecule has 2 amide bonds. The van der Waals surface area contributed by atoms with E-state index in [1.165, 1.54) is 0 Å². The SMILES string of the molecule is NC(=O)NC1CCC(Oc2cc(N3CCOCC3)cc3nccnc23)CC1. The molecular formula is C19H25N5O3. The van der Waals surface area contributed by atoms with Crippen LogP contribution in [0.25, 0.3) is 11.0 Å². The second-order valence-electron chi connectivity index (χ2n) is 7.07. The number of urea groups is 1. The number of anilines is 1. The maximum Gasteiger partial charge on any atom is 0.312 e. The summed E-state index contributed by atoms with van der Waals surface area (Å²) in [6, 6.07) is 3.81. The highest BCUT2D eigenvalue weighted by atomic mass is 16.5. The van der Waals surface area contributed by atoms with Crippen molar-refractivity contribution in [1.82, 2.24) is 15.3 Å². The number of aromatic nitrogens is 2. The van der Waals surface area contributed by atoms with Crippen LogP contribution in [0.15, 0.2) is 24.5 Å². The van der Waals surface area contributed by atoms with E-state index in [0.717, 1.165) is 74.5 Å². The van der Waals surface area contributed by atoms with Gasteiger partial charge in [-0.05, 0) is 31.7 Å². The fourth-order valence-corrected chi connectivity index (χ4v) is 3.83. The van der Waals surface area contributed by atoms with Crippen LogP contribution < -0.4 is 20.7 Å². The van der Waals surface area contributed by atoms with E-state index in [0.29, 0.717) is 0 Å². The van der Waals surface area contributed by atoms with Gasteiger partial charge >= 0.3 is 6.03 Å². The highest BCUT2D eigenvalue weighted by Crippen LogP contribution is 2.32. The van der Waals surface area contributed by atoms with Crippen molar-refractivity contribution in [2.24, 2.45) is 5.73 Å². The Hall–Kier alpha value is -2.61. The van der Waals surface area contributed by atoms with Crippen LogP contribution in [0.1, 0.15) is 25.7 Å². The lowest BCUT2D eigenvalue weighted by Gasteiger charge is -2.31. The molecule has 8 heteroatoms. The van der Waals surface area contributed by atoms with E-state index in [2.05, 4.69) is 32.3 Å². The zero-order valence-corrected chi connectivity index (χ0v) is 15.3. The Morgan fingerprint density at radius 3 is 2.63 bits per heavy atom. The number of carbonyl (C=O) groups excluding carboxylic acids is 1. The Balaban J connectivity index is 1.53. The number of amides is 2. The molecule has 8 nitrogen and oxygen atoms in total. The van der Waals surface area contributed by atoms with Gasteiger partial charge in [-0.25, -0.2) is 9.78 Å². The van der Waals surface area contributed by atoms with E-state index in [1.54, 1.807) is 12.4 Å². The number of ether oxygens (including phenoxy) is 2. The van der Waals surface area contributed by atoms with Gasteiger partial charge in [-0.1, -0.05) is 0 Å². The van der Waals surface area contributed by atoms with Crippen molar-refractivity contribution in [1.29, 1.82) is 0 Å². The Kier molecular flexibility index (Phi) is 5.24. The molecule has 2 aromatic rings. The minimum absolute atomic E-state index is 0.0982. The molecule has 1 aromatic carbocycles. The zero-order chi connectivity index (χ0) is 18.6. The molecule has 1 aliphatic carbocycles. The average molecular weight is 371 g/mol. The molecule has 1 saturated heterocycles. The lowest BCUT2D eigenvalue weighted by Crippen LogP contribution is -2.42. The third-order valence-corrected chi connectivity index (χ3v) is 5.21. The fourth-order valence-electron chi connectivity index (χ4n) is 3.83. The van der Waals surface area contributed by atoms with E-state index in [9.17, 15) is 4.79 Å². The quantitative estimate of drug-likeness (QED) is 0.850. The van der Waals surface area contributed by atoms with Gasteiger partial charge in [0.1, 0.15) is 11.3 Å². The number of nitrogens with zero attached hydrogens (tertiary/aromatic N) is 3. The van der Waals surface area contributed by atoms with E-state index < -0.39 is 6.03 Å². The number of carbonyl (C=O) groups is 1. The highest BCUT2D eigenvalue weighted by molar-refractivity contribution is 5.85. The molecule has 4 rings (SSSR count). The Bertz CT molecular complexity index is 801. The van der Waals surface area contributed by atoms with Gasteiger partial charge in [-0.3, -0.25) is 4.98 Å². The predicted molar refractivity (Wildman–Crippen MR) is 102 cm³/mol. The van der Waals surface area contributed by atoms with Gasteiger partial charge < -0.3 is 25.4 Å². The van der Waals surface area contributed by atoms with E-state index in [4.69, 9.17) is 15.2 Å². The molecule has 1 aromatic heterocycles. The molecule has 27 heavy (non-hydrogen) atoms. The summed E-state index contributed by atoms with van der Waals surface area (Å²) in [5, 5.41) is 2.79. The van der Waals surface area contributed by atoms with Crippen molar-refractivity contribution in [3.63, 3.8) is 0 Å². The Morgan fingerprint density at radius 2 is 1.89 bits per heavy atom. The molecule has 0 atom stereocenters. The van der Waals surface area contributed by atoms with Crippen LogP contribution in [0.2, 0.25) is 0 Å². The minimum atomic E-state index is -0.459. The number of rotatable bonds is 4. The van der Waals surface area contributed by atoms with Gasteiger partial charge in [0.05, 0.1) is 24.8 Å². The number of fused-ring (bicyclic) bond motifs is 1. The van der Waals surface area contributed by atoms with Gasteiger partial charge in [0.25, 0.3) is 0 Å². The molecule has 1 aliphatic heterocycles. The number of primary amides is 1. The number of hydrogen-bond acceptors (Lipinski definition) is 6. The Morgan fingerprint density at radius 1 is 1.15 bits per heavy atom. The Labute approximate surface area is 158 Å². The summed E-state index contributed by atoms with van der Waals surface area (Å²) in [5.41, 5.74) is 7.93. The number of benzene rings is 1. The smallest absolute Gasteiger partial charge is 0.312 e. The molecule has 0 radical (unpaired) electrons. The van der Waals surface area contributed by atoms with Gasteiger partial charge in [0.15, 0.2) is 0 Å². The molecule has 0 bridgehead atoms. The third-order valence-electron chi connectivity index (χ3n) is 5.21. The summed E-state index contributed by atoms with van der Waals surface area (Å²) < 4.78 is 11.8. The van der Waals surface area contributed by atoms with Crippen LogP contribution in [0, 0.1) is 0 Å². The maximum absolute atomic E-state index is 11.0. The van der Waals surface area contributed by atoms with Crippen molar-refractivity contribution >= 4 is 22.8 Å². The molecule has 0 unspecified atom stereocenters. The van der Waals surface area contributed by atoms with Crippen molar-refractivity contribution in [3.05, 3.63) is 24.5 Å². The summed E-state index contributed by atoms with van der Waals surface area (Å²) in [6.45, 7) is 3.17. The summed E-state index contributed by atoms with van der Waals surface area (Å²) in [4.78, 5) is 22.3. The molecule has 144 valence electrons. The minimum Gasteiger partial charge on any atom is -0.488 e. The third kappa shape index (κ3) is 4.21. The number of hydrogen-bond donors (Lipinski definition) is 2. The monoisotopic (exact) mass is 371 g/mol. The molecule has 1 saturated carbocycles. The van der Waals surface area contributed by atoms with Gasteiger partial charge in [0, 0.05) is 43.3 Å². The summed E-state index contributed by atoms with van der Waals surface area (Å²) in [6.07, 6.45) is 6.96. The first kappa shape index (κ1) is 17.8.